The molecule has 0 aromatic heterocycles. The Bertz CT molecular complexity index is 893. The van der Waals surface area contributed by atoms with Crippen LogP contribution in [0.25, 0.3) is 0 Å². The van der Waals surface area contributed by atoms with Crippen molar-refractivity contribution in [1.82, 2.24) is 4.31 Å². The normalized spacial score (nSPS) is 12.2. The minimum atomic E-state index is -4.58. The largest absolute Gasteiger partial charge is 0.465 e. The number of esters is 1. The van der Waals surface area contributed by atoms with Crippen LogP contribution in [0.15, 0.2) is 53.4 Å². The number of rotatable bonds is 5. The average Bonchev–Trinajstić information content (AvgIpc) is 2.60. The van der Waals surface area contributed by atoms with E-state index in [9.17, 15) is 26.4 Å². The van der Waals surface area contributed by atoms with Gasteiger partial charge in [0.25, 0.3) is 0 Å². The highest BCUT2D eigenvalue weighted by Crippen LogP contribution is 2.32. The maximum atomic E-state index is 13.1. The van der Waals surface area contributed by atoms with Crippen LogP contribution in [0, 0.1) is 0 Å². The SMILES string of the molecule is COC(=O)c1ccc(S(=O)(=O)N(C)Cc2ccccc2C(F)(F)F)cc1. The molecular formula is C17H16F3NO4S. The molecule has 140 valence electrons. The van der Waals surface area contributed by atoms with E-state index in [1.165, 1.54) is 56.6 Å². The quantitative estimate of drug-likeness (QED) is 0.739. The fraction of sp³-hybridized carbons (Fsp3) is 0.235. The number of ether oxygens (including phenoxy) is 1. The standard InChI is InChI=1S/C17H16F3NO4S/c1-21(11-13-5-3-4-6-15(13)17(18,19)20)26(23,24)14-9-7-12(8-10-14)16(22)25-2/h3-10H,11H2,1-2H3. The smallest absolute Gasteiger partial charge is 0.416 e. The van der Waals surface area contributed by atoms with E-state index >= 15 is 0 Å². The number of alkyl halides is 3. The van der Waals surface area contributed by atoms with Crippen molar-refractivity contribution >= 4 is 16.0 Å². The van der Waals surface area contributed by atoms with Crippen LogP contribution in [0.5, 0.6) is 0 Å². The summed E-state index contributed by atoms with van der Waals surface area (Å²) < 4.78 is 69.7. The van der Waals surface area contributed by atoms with E-state index in [4.69, 9.17) is 0 Å². The van der Waals surface area contributed by atoms with Crippen molar-refractivity contribution < 1.29 is 31.1 Å². The first-order valence-electron chi connectivity index (χ1n) is 7.37. The molecule has 0 fully saturated rings. The Morgan fingerprint density at radius 3 is 2.19 bits per heavy atom. The molecule has 0 bridgehead atoms. The van der Waals surface area contributed by atoms with Crippen LogP contribution in [0.2, 0.25) is 0 Å². The van der Waals surface area contributed by atoms with E-state index in [0.29, 0.717) is 0 Å². The summed E-state index contributed by atoms with van der Waals surface area (Å²) in [5, 5.41) is 0. The number of benzene rings is 2. The summed E-state index contributed by atoms with van der Waals surface area (Å²) in [5.41, 5.74) is -0.878. The first kappa shape index (κ1) is 19.9. The molecule has 0 aliphatic carbocycles. The van der Waals surface area contributed by atoms with Gasteiger partial charge in [0.1, 0.15) is 0 Å². The van der Waals surface area contributed by atoms with E-state index in [1.54, 1.807) is 0 Å². The summed E-state index contributed by atoms with van der Waals surface area (Å²) in [6.07, 6.45) is -4.58. The highest BCUT2D eigenvalue weighted by Gasteiger charge is 2.34. The van der Waals surface area contributed by atoms with Gasteiger partial charge >= 0.3 is 12.1 Å². The second-order valence-electron chi connectivity index (χ2n) is 5.43. The summed E-state index contributed by atoms with van der Waals surface area (Å²) in [6, 6.07) is 9.74. The first-order chi connectivity index (χ1) is 12.1. The molecule has 5 nitrogen and oxygen atoms in total. The van der Waals surface area contributed by atoms with Crippen molar-refractivity contribution in [3.05, 3.63) is 65.2 Å². The van der Waals surface area contributed by atoms with Crippen molar-refractivity contribution in [2.24, 2.45) is 0 Å². The number of sulfonamides is 1. The Labute approximate surface area is 149 Å². The topological polar surface area (TPSA) is 63.7 Å². The van der Waals surface area contributed by atoms with Gasteiger partial charge in [-0.05, 0) is 35.9 Å². The monoisotopic (exact) mass is 387 g/mol. The third-order valence-corrected chi connectivity index (χ3v) is 5.52. The van der Waals surface area contributed by atoms with Crippen LogP contribution in [-0.2, 0) is 27.5 Å². The van der Waals surface area contributed by atoms with Crippen LogP contribution in [0.3, 0.4) is 0 Å². The van der Waals surface area contributed by atoms with Crippen LogP contribution in [0.1, 0.15) is 21.5 Å². The Kier molecular flexibility index (Phi) is 5.72. The zero-order valence-corrected chi connectivity index (χ0v) is 14.8. The molecule has 2 aromatic carbocycles. The van der Waals surface area contributed by atoms with Gasteiger partial charge < -0.3 is 4.74 Å². The van der Waals surface area contributed by atoms with Gasteiger partial charge in [0.05, 0.1) is 23.1 Å². The molecule has 0 N–H and O–H groups in total. The van der Waals surface area contributed by atoms with Crippen molar-refractivity contribution in [3.8, 4) is 0 Å². The summed E-state index contributed by atoms with van der Waals surface area (Å²) >= 11 is 0. The third kappa shape index (κ3) is 4.23. The lowest BCUT2D eigenvalue weighted by molar-refractivity contribution is -0.138. The Hall–Kier alpha value is -2.39. The first-order valence-corrected chi connectivity index (χ1v) is 8.81. The highest BCUT2D eigenvalue weighted by atomic mass is 32.2. The van der Waals surface area contributed by atoms with Crippen molar-refractivity contribution in [2.75, 3.05) is 14.2 Å². The minimum Gasteiger partial charge on any atom is -0.465 e. The number of hydrogen-bond acceptors (Lipinski definition) is 4. The fourth-order valence-corrected chi connectivity index (χ4v) is 3.47. The molecule has 0 atom stereocenters. The highest BCUT2D eigenvalue weighted by molar-refractivity contribution is 7.89. The van der Waals surface area contributed by atoms with Gasteiger partial charge in [-0.25, -0.2) is 13.2 Å². The van der Waals surface area contributed by atoms with Crippen molar-refractivity contribution in [3.63, 3.8) is 0 Å². The van der Waals surface area contributed by atoms with Crippen LogP contribution >= 0.6 is 0 Å². The molecule has 0 heterocycles. The lowest BCUT2D eigenvalue weighted by atomic mass is 10.1. The number of nitrogens with zero attached hydrogens (tertiary/aromatic N) is 1. The van der Waals surface area contributed by atoms with Crippen LogP contribution in [0.4, 0.5) is 13.2 Å². The second kappa shape index (κ2) is 7.46. The molecule has 2 rings (SSSR count). The maximum absolute atomic E-state index is 13.1. The fourth-order valence-electron chi connectivity index (χ4n) is 2.32. The van der Waals surface area contributed by atoms with Crippen molar-refractivity contribution in [2.45, 2.75) is 17.6 Å². The lowest BCUT2D eigenvalue weighted by Crippen LogP contribution is -2.27. The molecule has 0 aliphatic rings. The third-order valence-electron chi connectivity index (χ3n) is 3.70. The van der Waals surface area contributed by atoms with Gasteiger partial charge in [-0.2, -0.15) is 17.5 Å². The molecule has 0 spiro atoms. The van der Waals surface area contributed by atoms with E-state index in [0.717, 1.165) is 10.4 Å². The van der Waals surface area contributed by atoms with E-state index in [1.807, 2.05) is 0 Å². The molecule has 9 heteroatoms. The van der Waals surface area contributed by atoms with Crippen LogP contribution in [-0.4, -0.2) is 32.8 Å². The van der Waals surface area contributed by atoms with Crippen molar-refractivity contribution in [1.29, 1.82) is 0 Å². The number of methoxy groups -OCH3 is 1. The van der Waals surface area contributed by atoms with E-state index < -0.39 is 34.3 Å². The average molecular weight is 387 g/mol. The second-order valence-corrected chi connectivity index (χ2v) is 7.48. The summed E-state index contributed by atoms with van der Waals surface area (Å²) in [6.45, 7) is -0.448. The zero-order chi connectivity index (χ0) is 19.5. The van der Waals surface area contributed by atoms with Gasteiger partial charge in [0.15, 0.2) is 0 Å². The maximum Gasteiger partial charge on any atom is 0.416 e. The number of carbonyl (C=O) groups excluding carboxylic acids is 1. The summed E-state index contributed by atoms with van der Waals surface area (Å²) in [5.74, 6) is -0.624. The number of carbonyl (C=O) groups is 1. The molecule has 26 heavy (non-hydrogen) atoms. The molecule has 0 aliphatic heterocycles. The molecule has 0 radical (unpaired) electrons. The number of halogens is 3. The molecule has 0 amide bonds. The Morgan fingerprint density at radius 2 is 1.65 bits per heavy atom. The van der Waals surface area contributed by atoms with E-state index in [2.05, 4.69) is 4.74 Å². The molecule has 0 unspecified atom stereocenters. The Morgan fingerprint density at radius 1 is 1.08 bits per heavy atom. The molecule has 0 saturated heterocycles. The van der Waals surface area contributed by atoms with Gasteiger partial charge in [-0.1, -0.05) is 18.2 Å². The predicted molar refractivity (Wildman–Crippen MR) is 87.9 cm³/mol. The molecule has 2 aromatic rings. The minimum absolute atomic E-state index is 0.142. The Balaban J connectivity index is 2.29. The summed E-state index contributed by atoms with van der Waals surface area (Å²) in [4.78, 5) is 11.3. The van der Waals surface area contributed by atoms with E-state index in [-0.39, 0.29) is 16.0 Å². The van der Waals surface area contributed by atoms with Gasteiger partial charge in [0.2, 0.25) is 10.0 Å². The van der Waals surface area contributed by atoms with Gasteiger partial charge in [-0.3, -0.25) is 0 Å². The van der Waals surface area contributed by atoms with Gasteiger partial charge in [0, 0.05) is 13.6 Å². The van der Waals surface area contributed by atoms with Crippen LogP contribution < -0.4 is 0 Å². The lowest BCUT2D eigenvalue weighted by Gasteiger charge is -2.20. The molecule has 0 saturated carbocycles. The molecular weight excluding hydrogens is 371 g/mol. The predicted octanol–water partition coefficient (Wildman–Crippen LogP) is 3.31. The number of hydrogen-bond donors (Lipinski definition) is 0. The zero-order valence-electron chi connectivity index (χ0n) is 13.9. The van der Waals surface area contributed by atoms with Gasteiger partial charge in [-0.15, -0.1) is 0 Å². The summed E-state index contributed by atoms with van der Waals surface area (Å²) in [7, 11) is -1.65.